The molecular weight excluding hydrogens is 1600 g/mol. The summed E-state index contributed by atoms with van der Waals surface area (Å²) in [4.78, 5) is 0.381. The molecule has 9 N–H and O–H groups in total. The smallest absolute Gasteiger partial charge is 0.426 e. The zero-order valence-electron chi connectivity index (χ0n) is 88.7. The van der Waals surface area contributed by atoms with E-state index >= 15 is 0 Å². The van der Waals surface area contributed by atoms with Crippen molar-refractivity contribution < 1.29 is 113 Å². The standard InChI is InChI=1S/C11H15O.C10H10.2C8H10O3S.2C8H8.C7H17OSi.16C2H6.8CH4O.3CH4.2Li/c12-10-6-2-5-9-11-7-3-1-4-8-11;1-3-9-5-7-10(4-2)8-6-9;2*1-7-3-5-8(6-4-7)12(9,10)11-2;2*1-2-8-6-4-3-5-7-8;1-5-6-8-9-7(2,3)4;24*1-2;;;;;/h1,3-4,7-9,12H,2,5-6,10H2;3-8H,1-2H2;2*3-6H,1-2H3;2*2-7H,1H2;1,5-6,9H2,2-4H3;16*1-2H3;8*2H,1H3;3*1H4;;/q-1;;;;;;-1;;;;;;;;;;;;;;;;;;;;;;;;;;;;2*+1. The van der Waals surface area contributed by atoms with Crippen LogP contribution in [-0.2, 0) is 33.0 Å². The van der Waals surface area contributed by atoms with E-state index in [2.05, 4.69) is 80.9 Å². The first kappa shape index (κ1) is 209. The molecule has 0 atom stereocenters. The summed E-state index contributed by atoms with van der Waals surface area (Å²) < 4.78 is 58.5. The molecule has 0 heterocycles. The third-order valence-corrected chi connectivity index (χ3v) is 13.1. The van der Waals surface area contributed by atoms with Gasteiger partial charge >= 0.3 is 37.7 Å². The van der Waals surface area contributed by atoms with Gasteiger partial charge in [0, 0.05) is 70.1 Å². The van der Waals surface area contributed by atoms with Crippen LogP contribution in [0.4, 0.5) is 0 Å². The summed E-state index contributed by atoms with van der Waals surface area (Å²) in [5.41, 5.74) is 7.95. The molecule has 0 radical (unpaired) electrons. The number of hydrogen-bond donors (Lipinski definition) is 9. The van der Waals surface area contributed by atoms with Crippen LogP contribution in [0.25, 0.3) is 24.3 Å². The predicted octanol–water partition coefficient (Wildman–Crippen LogP) is 23.4. The van der Waals surface area contributed by atoms with Gasteiger partial charge in [0.2, 0.25) is 0 Å². The van der Waals surface area contributed by atoms with Gasteiger partial charge < -0.3 is 57.3 Å². The van der Waals surface area contributed by atoms with E-state index in [1.54, 1.807) is 24.3 Å². The van der Waals surface area contributed by atoms with E-state index in [1.807, 2.05) is 363 Å². The van der Waals surface area contributed by atoms with Gasteiger partial charge in [0.1, 0.15) is 0 Å². The van der Waals surface area contributed by atoms with Crippen molar-refractivity contribution in [1.82, 2.24) is 0 Å². The van der Waals surface area contributed by atoms with E-state index in [9.17, 15) is 16.8 Å². The summed E-state index contributed by atoms with van der Waals surface area (Å²) >= 11 is 0. The minimum absolute atomic E-state index is 0. The van der Waals surface area contributed by atoms with Gasteiger partial charge in [-0.05, 0) is 71.8 Å². The molecule has 0 saturated carbocycles. The van der Waals surface area contributed by atoms with E-state index in [-0.39, 0.29) is 79.6 Å². The monoisotopic (exact) mass is 1820 g/mol. The van der Waals surface area contributed by atoms with Crippen LogP contribution in [0, 0.1) is 27.2 Å². The fourth-order valence-corrected chi connectivity index (χ4v) is 7.43. The fraction of sp³-hybridized carbons (Fsp3) is 0.553. The van der Waals surface area contributed by atoms with Gasteiger partial charge in [-0.25, -0.2) is 0 Å². The molecule has 0 bridgehead atoms. The predicted molar refractivity (Wildman–Crippen MR) is 572 cm³/mol. The third-order valence-electron chi connectivity index (χ3n) is 9.15. The Morgan fingerprint density at radius 3 is 0.702 bits per heavy atom. The Kier molecular flexibility index (Phi) is 405. The minimum atomic E-state index is -3.51. The maximum Gasteiger partial charge on any atom is 1.00 e. The number of hydrogen-bond acceptors (Lipinski definition) is 16. The summed E-state index contributed by atoms with van der Waals surface area (Å²) in [6, 6.07) is 51.4. The molecule has 16 nitrogen and oxygen atoms in total. The number of rotatable bonds is 16. The first-order valence-electron chi connectivity index (χ1n) is 42.7. The molecule has 0 spiro atoms. The average Bonchev–Trinajstić information content (AvgIpc) is 0.860. The van der Waals surface area contributed by atoms with Gasteiger partial charge in [-0.3, -0.25) is 8.37 Å². The summed E-state index contributed by atoms with van der Waals surface area (Å²) in [5.74, 6) is 0. The Labute approximate surface area is 807 Å². The number of aryl methyl sites for hydroxylation is 2. The largest absolute Gasteiger partial charge is 1.00 e. The topological polar surface area (TPSA) is 278 Å². The molecule has 124 heavy (non-hydrogen) atoms. The fourth-order valence-electron chi connectivity index (χ4n) is 5.14. The first-order chi connectivity index (χ1) is 57.8. The molecule has 0 aliphatic heterocycles. The maximum absolute atomic E-state index is 11.1. The van der Waals surface area contributed by atoms with Gasteiger partial charge in [0.15, 0.2) is 9.76 Å². The zero-order chi connectivity index (χ0) is 101. The van der Waals surface area contributed by atoms with Crippen LogP contribution in [0.3, 0.4) is 0 Å². The van der Waals surface area contributed by atoms with Crippen LogP contribution in [0.2, 0.25) is 5.04 Å². The van der Waals surface area contributed by atoms with Gasteiger partial charge in [-0.15, -0.1) is 12.1 Å². The maximum atomic E-state index is 11.1. The average molecular weight is 1820 g/mol. The second-order valence-corrected chi connectivity index (χ2v) is 22.7. The van der Waals surface area contributed by atoms with Crippen molar-refractivity contribution in [2.24, 2.45) is 0 Å². The molecule has 0 saturated heterocycles. The SMILES string of the molecule is C.C.C.C=Cc1ccc(C=C)cc1.C=Cc1ccccc1.C=Cc1ccccc1.CC.CC.CC.CC.CC.CC.CC.CC.CC.CC.CC.CC.CC.CC.CC.CC.CO.CO.CO.CO.CO.CO.CO.CO.COS(=O)(=O)c1ccc(C)cc1.COS(=O)(=O)c1ccc(C)cc1.OCCCC[CH-]c1ccccc1.[CH2-]CCO[SiH2]C(C)(C)C.[Li+].[Li+]. The number of benzene rings is 6. The summed E-state index contributed by atoms with van der Waals surface area (Å²) in [6.07, 6.45) is 13.5. The quantitative estimate of drug-likeness (QED) is 0.0188. The molecule has 0 aliphatic carbocycles. The summed E-state index contributed by atoms with van der Waals surface area (Å²) in [7, 11) is 2.96. The molecule has 0 fully saturated rings. The Hall–Kier alpha value is -5.02. The Morgan fingerprint density at radius 2 is 0.540 bits per heavy atom. The van der Waals surface area contributed by atoms with Crippen LogP contribution in [0.5, 0.6) is 0 Å². The Morgan fingerprint density at radius 1 is 0.347 bits per heavy atom. The number of unbranched alkanes of at least 4 members (excludes halogenated alkanes) is 2. The van der Waals surface area contributed by atoms with Crippen LogP contribution in [0.1, 0.15) is 329 Å². The molecule has 0 aromatic heterocycles. The van der Waals surface area contributed by atoms with Crippen molar-refractivity contribution in [1.29, 1.82) is 0 Å². The molecule has 0 amide bonds. The minimum Gasteiger partial charge on any atom is -0.426 e. The molecule has 744 valence electrons. The van der Waals surface area contributed by atoms with E-state index in [1.165, 1.54) is 41.0 Å². The van der Waals surface area contributed by atoms with Crippen LogP contribution in [0.15, 0.2) is 200 Å². The third kappa shape index (κ3) is 208. The molecule has 0 unspecified atom stereocenters. The Balaban J connectivity index is -0.0000000273. The van der Waals surface area contributed by atoms with Crippen LogP contribution < -0.4 is 37.7 Å². The van der Waals surface area contributed by atoms with E-state index in [0.717, 1.165) is 126 Å². The van der Waals surface area contributed by atoms with Gasteiger partial charge in [0.05, 0.1) is 24.0 Å². The van der Waals surface area contributed by atoms with E-state index in [0.29, 0.717) is 11.6 Å². The number of aliphatic hydroxyl groups excluding tert-OH is 9. The first-order valence-corrected chi connectivity index (χ1v) is 46.8. The molecular formula is C103H218Li2O16S2Si. The second kappa shape index (κ2) is 240. The van der Waals surface area contributed by atoms with Gasteiger partial charge in [-0.1, -0.05) is 454 Å². The van der Waals surface area contributed by atoms with Crippen molar-refractivity contribution >= 4 is 54.3 Å². The summed E-state index contributed by atoms with van der Waals surface area (Å²) in [6.45, 7) is 93.9. The Bertz CT molecular complexity index is 2410. The second-order valence-electron chi connectivity index (χ2n) is 16.5. The normalized spacial score (nSPS) is 7.10. The van der Waals surface area contributed by atoms with Gasteiger partial charge in [-0.2, -0.15) is 47.4 Å². The molecule has 0 aliphatic rings. The molecule has 21 heteroatoms. The molecule has 6 aromatic rings. The van der Waals surface area contributed by atoms with E-state index < -0.39 is 20.2 Å². The van der Waals surface area contributed by atoms with E-state index in [4.69, 9.17) is 50.4 Å². The van der Waals surface area contributed by atoms with Crippen molar-refractivity contribution in [2.45, 2.75) is 319 Å². The molecule has 6 aromatic carbocycles. The van der Waals surface area contributed by atoms with Crippen LogP contribution >= 0.6 is 0 Å². The van der Waals surface area contributed by atoms with Crippen LogP contribution in [-0.4, -0.2) is 157 Å². The van der Waals surface area contributed by atoms with Crippen molar-refractivity contribution in [3.05, 3.63) is 242 Å². The molecule has 6 rings (SSSR count). The van der Waals surface area contributed by atoms with Gasteiger partial charge in [0.25, 0.3) is 20.2 Å². The van der Waals surface area contributed by atoms with Crippen molar-refractivity contribution in [3.8, 4) is 0 Å². The van der Waals surface area contributed by atoms with Crippen molar-refractivity contribution in [3.63, 3.8) is 0 Å². The van der Waals surface area contributed by atoms with Crippen molar-refractivity contribution in [2.75, 3.05) is 84.3 Å². The zero-order valence-corrected chi connectivity index (χ0v) is 91.7. The summed E-state index contributed by atoms with van der Waals surface area (Å²) in [5, 5.41) is 65.0. The number of aliphatic hydroxyl groups is 9.